The molecule has 2 heteroatoms. The summed E-state index contributed by atoms with van der Waals surface area (Å²) in [5.41, 5.74) is 0.857. The predicted molar refractivity (Wildman–Crippen MR) is 64.7 cm³/mol. The van der Waals surface area contributed by atoms with E-state index in [0.29, 0.717) is 0 Å². The summed E-state index contributed by atoms with van der Waals surface area (Å²) in [4.78, 5) is 0. The fourth-order valence-corrected chi connectivity index (χ4v) is 6.76. The molecule has 4 saturated carbocycles. The highest BCUT2D eigenvalue weighted by molar-refractivity contribution is 9.23. The molecule has 76 valence electrons. The highest BCUT2D eigenvalue weighted by Gasteiger charge is 2.49. The lowest BCUT2D eigenvalue weighted by molar-refractivity contribution is -0.0544. The van der Waals surface area contributed by atoms with Crippen LogP contribution in [0.1, 0.15) is 44.9 Å². The van der Waals surface area contributed by atoms with Gasteiger partial charge in [0.25, 0.3) is 0 Å². The average molecular weight is 267 g/mol. The molecule has 4 aliphatic carbocycles. The van der Waals surface area contributed by atoms with Crippen LogP contribution in [0.3, 0.4) is 0 Å². The molecule has 0 radical (unpaired) electrons. The Morgan fingerprint density at radius 2 is 1.50 bits per heavy atom. The first kappa shape index (κ1) is 10.4. The van der Waals surface area contributed by atoms with Gasteiger partial charge in [0.1, 0.15) is 0 Å². The van der Waals surface area contributed by atoms with Crippen LogP contribution in [0, 0.1) is 23.2 Å². The van der Waals surface area contributed by atoms with E-state index in [4.69, 9.17) is 0 Å². The summed E-state index contributed by atoms with van der Waals surface area (Å²) in [7, 11) is 0. The van der Waals surface area contributed by atoms with Crippen LogP contribution in [0.5, 0.6) is 0 Å². The van der Waals surface area contributed by atoms with Crippen LogP contribution in [0.25, 0.3) is 0 Å². The van der Waals surface area contributed by atoms with Crippen molar-refractivity contribution in [3.05, 3.63) is 0 Å². The summed E-state index contributed by atoms with van der Waals surface area (Å²) in [5, 5.41) is 0. The van der Waals surface area contributed by atoms with E-state index >= 15 is 0 Å². The van der Waals surface area contributed by atoms with Gasteiger partial charge in [-0.3, -0.25) is 0 Å². The molecule has 4 fully saturated rings. The Bertz CT molecular complexity index is 191. The molecule has 14 heavy (non-hydrogen) atoms. The van der Waals surface area contributed by atoms with Gasteiger partial charge in [-0.1, -0.05) is 6.42 Å². The Balaban J connectivity index is 1.74. The Morgan fingerprint density at radius 3 is 1.93 bits per heavy atom. The molecule has 0 heterocycles. The first-order valence-corrected chi connectivity index (χ1v) is 11.3. The largest absolute Gasteiger partial charge is 0.468 e. The molecular weight excluding hydrogens is 248 g/mol. The Kier molecular flexibility index (Phi) is 2.91. The molecule has 4 aliphatic rings. The van der Waals surface area contributed by atoms with E-state index in [1.165, 1.54) is 0 Å². The van der Waals surface area contributed by atoms with Crippen molar-refractivity contribution in [3.8, 4) is 0 Å². The maximum Gasteiger partial charge on any atom is 0.468 e. The first-order valence-electron chi connectivity index (χ1n) is 6.36. The van der Waals surface area contributed by atoms with Gasteiger partial charge in [-0.25, -0.2) is 0 Å². The molecule has 0 unspecified atom stereocenters. The zero-order valence-corrected chi connectivity index (χ0v) is 12.0. The standard InChI is InChI=1S/C12H19.BrH.Mg/c1-2-12-6-9-3-10(7-12)5-11(4-9)8-12;;/h9-11H,1-8H2;1H;/q;;+1/p-1. The van der Waals surface area contributed by atoms with Crippen molar-refractivity contribution in [3.63, 3.8) is 0 Å². The quantitative estimate of drug-likeness (QED) is 0.677. The molecule has 0 atom stereocenters. The third kappa shape index (κ3) is 1.80. The van der Waals surface area contributed by atoms with Gasteiger partial charge in [-0.2, -0.15) is 0 Å². The van der Waals surface area contributed by atoms with Crippen LogP contribution in [0.15, 0.2) is 0 Å². The molecule has 0 aromatic carbocycles. The second-order valence-electron chi connectivity index (χ2n) is 6.21. The molecule has 0 nitrogen and oxygen atoms in total. The van der Waals surface area contributed by atoms with Crippen LogP contribution in [-0.2, 0) is 0 Å². The minimum Gasteiger partial charge on any atom is -0.307 e. The summed E-state index contributed by atoms with van der Waals surface area (Å²) in [6, 6.07) is 0. The highest BCUT2D eigenvalue weighted by Crippen LogP contribution is 2.61. The third-order valence-corrected chi connectivity index (χ3v) is 7.31. The number of hydrogen-bond acceptors (Lipinski definition) is 0. The molecule has 0 aromatic heterocycles. The van der Waals surface area contributed by atoms with Crippen LogP contribution < -0.4 is 0 Å². The summed E-state index contributed by atoms with van der Waals surface area (Å²) >= 11 is 3.87. The number of halogens is 1. The van der Waals surface area contributed by atoms with Crippen molar-refractivity contribution in [2.45, 2.75) is 49.5 Å². The van der Waals surface area contributed by atoms with Gasteiger partial charge in [0, 0.05) is 0 Å². The average Bonchev–Trinajstić information content (AvgIpc) is 2.12. The second-order valence-corrected chi connectivity index (χ2v) is 9.67. The van der Waals surface area contributed by atoms with E-state index in [1.807, 2.05) is 0 Å². The number of rotatable bonds is 3. The van der Waals surface area contributed by atoms with Crippen molar-refractivity contribution in [2.24, 2.45) is 23.2 Å². The molecule has 0 aromatic rings. The van der Waals surface area contributed by atoms with E-state index in [9.17, 15) is 0 Å². The van der Waals surface area contributed by atoms with Gasteiger partial charge in [0.05, 0.1) is 0 Å². The molecule has 4 rings (SSSR count). The summed E-state index contributed by atoms with van der Waals surface area (Å²) in [6.45, 7) is 0. The minimum atomic E-state index is 0.140. The summed E-state index contributed by atoms with van der Waals surface area (Å²) < 4.78 is 1.55. The van der Waals surface area contributed by atoms with Crippen LogP contribution in [0.4, 0.5) is 0 Å². The van der Waals surface area contributed by atoms with Crippen molar-refractivity contribution in [2.75, 3.05) is 0 Å². The fourth-order valence-electron chi connectivity index (χ4n) is 5.04. The van der Waals surface area contributed by atoms with Gasteiger partial charge in [-0.15, -0.1) is 4.55 Å². The Hall–Kier alpha value is 1.25. The Morgan fingerprint density at radius 1 is 1.00 bits per heavy atom. The maximum absolute atomic E-state index is 3.73. The lowest BCUT2D eigenvalue weighted by Gasteiger charge is -2.57. The summed E-state index contributed by atoms with van der Waals surface area (Å²) in [5.74, 6) is 3.45. The van der Waals surface area contributed by atoms with Crippen molar-refractivity contribution in [1.29, 1.82) is 0 Å². The lowest BCUT2D eigenvalue weighted by atomic mass is 9.49. The maximum atomic E-state index is 3.73. The van der Waals surface area contributed by atoms with Crippen molar-refractivity contribution >= 4 is 31.1 Å². The second kappa shape index (κ2) is 3.92. The first-order chi connectivity index (χ1) is 6.80. The van der Waals surface area contributed by atoms with Gasteiger partial charge >= 0.3 is 18.2 Å². The van der Waals surface area contributed by atoms with E-state index in [-0.39, 0.29) is 18.2 Å². The van der Waals surface area contributed by atoms with Crippen molar-refractivity contribution in [1.82, 2.24) is 0 Å². The number of hydrogen-bond donors (Lipinski definition) is 0. The van der Waals surface area contributed by atoms with Crippen molar-refractivity contribution < 1.29 is 0 Å². The molecular formula is C12H19BrMg. The minimum absolute atomic E-state index is 0.140. The van der Waals surface area contributed by atoms with Gasteiger partial charge in [0.2, 0.25) is 0 Å². The Labute approximate surface area is 103 Å². The van der Waals surface area contributed by atoms with Crippen LogP contribution in [-0.4, -0.2) is 18.2 Å². The van der Waals surface area contributed by atoms with E-state index in [1.54, 1.807) is 49.5 Å². The predicted octanol–water partition coefficient (Wildman–Crippen LogP) is 4.03. The molecule has 0 amide bonds. The topological polar surface area (TPSA) is 0 Å². The normalized spacial score (nSPS) is 49.4. The van der Waals surface area contributed by atoms with E-state index in [0.717, 1.165) is 23.2 Å². The molecule has 0 N–H and O–H groups in total. The van der Waals surface area contributed by atoms with Crippen LogP contribution in [0.2, 0.25) is 4.55 Å². The molecule has 0 spiro atoms. The monoisotopic (exact) mass is 266 g/mol. The highest BCUT2D eigenvalue weighted by atomic mass is 79.9. The zero-order valence-electron chi connectivity index (χ0n) is 8.97. The van der Waals surface area contributed by atoms with Crippen LogP contribution >= 0.6 is 12.9 Å². The molecule has 0 aliphatic heterocycles. The lowest BCUT2D eigenvalue weighted by Crippen LogP contribution is -2.45. The van der Waals surface area contributed by atoms with E-state index in [2.05, 4.69) is 12.9 Å². The smallest absolute Gasteiger partial charge is 0.307 e. The zero-order chi connectivity index (χ0) is 9.60. The third-order valence-electron chi connectivity index (χ3n) is 5.01. The fraction of sp³-hybridized carbons (Fsp3) is 1.00. The van der Waals surface area contributed by atoms with Gasteiger partial charge < -0.3 is 12.9 Å². The van der Waals surface area contributed by atoms with Gasteiger partial charge in [0.15, 0.2) is 0 Å². The summed E-state index contributed by atoms with van der Waals surface area (Å²) in [6.07, 6.45) is 11.2. The molecule has 4 bridgehead atoms. The SMILES string of the molecule is [Br][Mg][CH2]CC12CC3CC(CC(C3)C1)C2. The molecule has 0 saturated heterocycles. The van der Waals surface area contributed by atoms with E-state index < -0.39 is 0 Å². The van der Waals surface area contributed by atoms with Gasteiger partial charge in [-0.05, 0) is 61.7 Å².